The van der Waals surface area contributed by atoms with E-state index in [1.807, 2.05) is 37.3 Å². The van der Waals surface area contributed by atoms with Crippen LogP contribution in [-0.4, -0.2) is 16.1 Å². The van der Waals surface area contributed by atoms with Crippen LogP contribution in [0, 0.1) is 0 Å². The zero-order valence-corrected chi connectivity index (χ0v) is 8.50. The molecule has 0 spiro atoms. The van der Waals surface area contributed by atoms with Crippen molar-refractivity contribution in [3.05, 3.63) is 53.9 Å². The van der Waals surface area contributed by atoms with Crippen LogP contribution < -0.4 is 0 Å². The molecule has 0 unspecified atom stereocenters. The fraction of sp³-hybridized carbons (Fsp3) is 0.167. The van der Waals surface area contributed by atoms with Crippen LogP contribution in [0.15, 0.2) is 42.6 Å². The number of carbonyl (C=O) groups excluding carboxylic acids is 1. The van der Waals surface area contributed by atoms with Crippen LogP contribution in [0.4, 0.5) is 0 Å². The molecule has 1 heterocycles. The summed E-state index contributed by atoms with van der Waals surface area (Å²) in [5, 5.41) is 4.15. The van der Waals surface area contributed by atoms with Gasteiger partial charge in [-0.2, -0.15) is 5.10 Å². The van der Waals surface area contributed by atoms with Crippen molar-refractivity contribution in [3.63, 3.8) is 0 Å². The van der Waals surface area contributed by atoms with Crippen molar-refractivity contribution in [2.24, 2.45) is 0 Å². The summed E-state index contributed by atoms with van der Waals surface area (Å²) in [6.07, 6.45) is 2.47. The zero-order valence-electron chi connectivity index (χ0n) is 8.50. The summed E-state index contributed by atoms with van der Waals surface area (Å²) >= 11 is 0. The maximum Gasteiger partial charge on any atom is 0.168 e. The molecule has 0 fully saturated rings. The highest BCUT2D eigenvalue weighted by Gasteiger charge is 2.10. The first-order valence-corrected chi connectivity index (χ1v) is 4.86. The van der Waals surface area contributed by atoms with Crippen molar-refractivity contribution in [1.29, 1.82) is 0 Å². The molecule has 76 valence electrons. The molecule has 2 aromatic rings. The molecule has 3 heteroatoms. The predicted molar refractivity (Wildman–Crippen MR) is 57.9 cm³/mol. The molecular weight excluding hydrogens is 188 g/mol. The fourth-order valence-electron chi connectivity index (χ4n) is 1.61. The Morgan fingerprint density at radius 1 is 1.27 bits per heavy atom. The number of benzene rings is 1. The van der Waals surface area contributed by atoms with E-state index in [-0.39, 0.29) is 6.04 Å². The number of carbonyl (C=O) groups is 1. The molecular formula is C12H12N2O. The van der Waals surface area contributed by atoms with Crippen LogP contribution in [0.3, 0.4) is 0 Å². The summed E-state index contributed by atoms with van der Waals surface area (Å²) in [6.45, 7) is 2.02. The Morgan fingerprint density at radius 3 is 2.67 bits per heavy atom. The number of hydrogen-bond acceptors (Lipinski definition) is 2. The monoisotopic (exact) mass is 200 g/mol. The van der Waals surface area contributed by atoms with Gasteiger partial charge in [0.15, 0.2) is 6.29 Å². The zero-order chi connectivity index (χ0) is 10.7. The Bertz CT molecular complexity index is 448. The van der Waals surface area contributed by atoms with E-state index in [1.54, 1.807) is 16.9 Å². The van der Waals surface area contributed by atoms with E-state index in [4.69, 9.17) is 0 Å². The molecule has 2 rings (SSSR count). The molecule has 1 atom stereocenters. The third-order valence-corrected chi connectivity index (χ3v) is 2.47. The molecule has 0 amide bonds. The van der Waals surface area contributed by atoms with Crippen molar-refractivity contribution >= 4 is 6.29 Å². The summed E-state index contributed by atoms with van der Waals surface area (Å²) in [4.78, 5) is 10.8. The topological polar surface area (TPSA) is 34.9 Å². The summed E-state index contributed by atoms with van der Waals surface area (Å²) < 4.78 is 1.72. The largest absolute Gasteiger partial charge is 0.296 e. The molecule has 0 aliphatic heterocycles. The Morgan fingerprint density at radius 2 is 2.00 bits per heavy atom. The molecule has 0 N–H and O–H groups in total. The Balaban J connectivity index is 2.36. The van der Waals surface area contributed by atoms with Crippen molar-refractivity contribution in [3.8, 4) is 0 Å². The van der Waals surface area contributed by atoms with E-state index >= 15 is 0 Å². The average molecular weight is 200 g/mol. The predicted octanol–water partition coefficient (Wildman–Crippen LogP) is 2.30. The van der Waals surface area contributed by atoms with Gasteiger partial charge >= 0.3 is 0 Å². The molecule has 1 aromatic carbocycles. The SMILES string of the molecule is C[C@H](c1ccccc1)n1nccc1C=O. The Labute approximate surface area is 88.4 Å². The van der Waals surface area contributed by atoms with Gasteiger partial charge in [-0.25, -0.2) is 0 Å². The van der Waals surface area contributed by atoms with E-state index in [1.165, 1.54) is 0 Å². The van der Waals surface area contributed by atoms with Crippen LogP contribution in [0.5, 0.6) is 0 Å². The first-order chi connectivity index (χ1) is 7.33. The van der Waals surface area contributed by atoms with Gasteiger partial charge in [-0.15, -0.1) is 0 Å². The van der Waals surface area contributed by atoms with Gasteiger partial charge in [0, 0.05) is 6.20 Å². The van der Waals surface area contributed by atoms with Gasteiger partial charge < -0.3 is 0 Å². The lowest BCUT2D eigenvalue weighted by Crippen LogP contribution is -2.11. The van der Waals surface area contributed by atoms with Crippen LogP contribution in [0.25, 0.3) is 0 Å². The number of hydrogen-bond donors (Lipinski definition) is 0. The van der Waals surface area contributed by atoms with Crippen LogP contribution in [-0.2, 0) is 0 Å². The maximum absolute atomic E-state index is 10.8. The Hall–Kier alpha value is -1.90. The Kier molecular flexibility index (Phi) is 2.63. The quantitative estimate of drug-likeness (QED) is 0.712. The fourth-order valence-corrected chi connectivity index (χ4v) is 1.61. The number of nitrogens with zero attached hydrogens (tertiary/aromatic N) is 2. The second-order valence-corrected chi connectivity index (χ2v) is 3.41. The minimum Gasteiger partial charge on any atom is -0.296 e. The molecule has 0 aliphatic carbocycles. The minimum absolute atomic E-state index is 0.0846. The summed E-state index contributed by atoms with van der Waals surface area (Å²) in [6, 6.07) is 11.8. The van der Waals surface area contributed by atoms with Gasteiger partial charge in [0.2, 0.25) is 0 Å². The van der Waals surface area contributed by atoms with Gasteiger partial charge in [-0.05, 0) is 18.6 Å². The van der Waals surface area contributed by atoms with Gasteiger partial charge in [-0.3, -0.25) is 9.48 Å². The van der Waals surface area contributed by atoms with Crippen molar-refractivity contribution in [2.45, 2.75) is 13.0 Å². The average Bonchev–Trinajstić information content (AvgIpc) is 2.77. The summed E-state index contributed by atoms with van der Waals surface area (Å²) in [7, 11) is 0. The third-order valence-electron chi connectivity index (χ3n) is 2.47. The van der Waals surface area contributed by atoms with E-state index in [2.05, 4.69) is 5.10 Å². The standard InChI is InChI=1S/C12H12N2O/c1-10(11-5-3-2-4-6-11)14-12(9-15)7-8-13-14/h2-10H,1H3/t10-/m1/s1. The molecule has 0 saturated carbocycles. The summed E-state index contributed by atoms with van der Waals surface area (Å²) in [5.74, 6) is 0. The van der Waals surface area contributed by atoms with E-state index in [0.29, 0.717) is 5.69 Å². The molecule has 0 saturated heterocycles. The lowest BCUT2D eigenvalue weighted by Gasteiger charge is -2.13. The van der Waals surface area contributed by atoms with Crippen LogP contribution in [0.2, 0.25) is 0 Å². The second kappa shape index (κ2) is 4.09. The van der Waals surface area contributed by atoms with Crippen molar-refractivity contribution < 1.29 is 4.79 Å². The highest BCUT2D eigenvalue weighted by atomic mass is 16.1. The van der Waals surface area contributed by atoms with Gasteiger partial charge in [-0.1, -0.05) is 30.3 Å². The number of aromatic nitrogens is 2. The van der Waals surface area contributed by atoms with Gasteiger partial charge in [0.25, 0.3) is 0 Å². The molecule has 1 aromatic heterocycles. The minimum atomic E-state index is 0.0846. The van der Waals surface area contributed by atoms with Crippen molar-refractivity contribution in [2.75, 3.05) is 0 Å². The number of rotatable bonds is 3. The lowest BCUT2D eigenvalue weighted by atomic mass is 10.1. The van der Waals surface area contributed by atoms with Gasteiger partial charge in [0.1, 0.15) is 5.69 Å². The maximum atomic E-state index is 10.8. The van der Waals surface area contributed by atoms with Crippen molar-refractivity contribution in [1.82, 2.24) is 9.78 Å². The first kappa shape index (κ1) is 9.65. The molecule has 0 aliphatic rings. The van der Waals surface area contributed by atoms with Crippen LogP contribution >= 0.6 is 0 Å². The molecule has 0 bridgehead atoms. The molecule has 0 radical (unpaired) electrons. The van der Waals surface area contributed by atoms with E-state index in [0.717, 1.165) is 11.8 Å². The molecule has 15 heavy (non-hydrogen) atoms. The summed E-state index contributed by atoms with van der Waals surface area (Å²) in [5.41, 5.74) is 1.75. The molecule has 3 nitrogen and oxygen atoms in total. The first-order valence-electron chi connectivity index (χ1n) is 4.86. The highest BCUT2D eigenvalue weighted by molar-refractivity contribution is 5.71. The second-order valence-electron chi connectivity index (χ2n) is 3.41. The van der Waals surface area contributed by atoms with Crippen LogP contribution in [0.1, 0.15) is 29.0 Å². The lowest BCUT2D eigenvalue weighted by molar-refractivity contribution is 0.111. The smallest absolute Gasteiger partial charge is 0.168 e. The number of aldehydes is 1. The van der Waals surface area contributed by atoms with E-state index < -0.39 is 0 Å². The van der Waals surface area contributed by atoms with Gasteiger partial charge in [0.05, 0.1) is 6.04 Å². The normalized spacial score (nSPS) is 12.3. The third kappa shape index (κ3) is 1.81. The highest BCUT2D eigenvalue weighted by Crippen LogP contribution is 2.17. The van der Waals surface area contributed by atoms with E-state index in [9.17, 15) is 4.79 Å².